The summed E-state index contributed by atoms with van der Waals surface area (Å²) in [6.45, 7) is 0. The molecule has 3 heteroatoms. The van der Waals surface area contributed by atoms with Crippen molar-refractivity contribution in [2.45, 2.75) is 19.3 Å². The van der Waals surface area contributed by atoms with E-state index in [1.165, 1.54) is 0 Å². The molecule has 0 spiro atoms. The first-order valence-electron chi connectivity index (χ1n) is 6.14. The Labute approximate surface area is 105 Å². The van der Waals surface area contributed by atoms with E-state index in [-0.39, 0.29) is 17.5 Å². The van der Waals surface area contributed by atoms with E-state index in [0.29, 0.717) is 24.8 Å². The van der Waals surface area contributed by atoms with Gasteiger partial charge in [0.05, 0.1) is 0 Å². The maximum atomic E-state index is 12.4. The van der Waals surface area contributed by atoms with Crippen molar-refractivity contribution in [2.75, 3.05) is 0 Å². The van der Waals surface area contributed by atoms with E-state index in [9.17, 15) is 9.59 Å². The number of Topliss-reactive ketones (excluding diaryl/α,β-unsaturated/α-hetero) is 2. The summed E-state index contributed by atoms with van der Waals surface area (Å²) < 4.78 is 0. The lowest BCUT2D eigenvalue weighted by Crippen LogP contribution is -2.12. The maximum absolute atomic E-state index is 12.4. The lowest BCUT2D eigenvalue weighted by atomic mass is 9.94. The fraction of sp³-hybridized carbons (Fsp3) is 0.267. The van der Waals surface area contributed by atoms with Crippen LogP contribution in [-0.4, -0.2) is 16.6 Å². The van der Waals surface area contributed by atoms with Crippen LogP contribution >= 0.6 is 0 Å². The van der Waals surface area contributed by atoms with E-state index in [0.717, 1.165) is 10.8 Å². The normalized spacial score (nSPS) is 19.3. The molecule has 1 saturated carbocycles. The first-order chi connectivity index (χ1) is 8.75. The summed E-state index contributed by atoms with van der Waals surface area (Å²) >= 11 is 0. The van der Waals surface area contributed by atoms with E-state index in [4.69, 9.17) is 0 Å². The lowest BCUT2D eigenvalue weighted by Gasteiger charge is -2.09. The first-order valence-corrected chi connectivity index (χ1v) is 6.14. The molecule has 1 atom stereocenters. The standard InChI is InChI=1S/C15H13NO2/c17-12-6-5-10(7-12)15(18)14-9-16-8-11-3-1-2-4-13(11)14/h1-4,8-10H,5-7H2. The second-order valence-corrected chi connectivity index (χ2v) is 4.75. The van der Waals surface area contributed by atoms with E-state index in [1.807, 2.05) is 24.3 Å². The van der Waals surface area contributed by atoms with E-state index in [2.05, 4.69) is 4.98 Å². The minimum atomic E-state index is -0.148. The summed E-state index contributed by atoms with van der Waals surface area (Å²) in [7, 11) is 0. The van der Waals surface area contributed by atoms with Crippen molar-refractivity contribution in [3.8, 4) is 0 Å². The third-order valence-electron chi connectivity index (χ3n) is 3.55. The minimum Gasteiger partial charge on any atom is -0.300 e. The number of aromatic nitrogens is 1. The zero-order valence-corrected chi connectivity index (χ0v) is 9.93. The maximum Gasteiger partial charge on any atom is 0.168 e. The van der Waals surface area contributed by atoms with Crippen LogP contribution in [0.25, 0.3) is 10.8 Å². The number of rotatable bonds is 2. The first kappa shape index (κ1) is 11.1. The van der Waals surface area contributed by atoms with Gasteiger partial charge in [0.1, 0.15) is 5.78 Å². The molecule has 1 aliphatic carbocycles. The third kappa shape index (κ3) is 1.82. The summed E-state index contributed by atoms with van der Waals surface area (Å²) in [4.78, 5) is 27.8. The second kappa shape index (κ2) is 4.33. The van der Waals surface area contributed by atoms with Crippen molar-refractivity contribution in [1.82, 2.24) is 4.98 Å². The summed E-state index contributed by atoms with van der Waals surface area (Å²) in [6.07, 6.45) is 4.98. The highest BCUT2D eigenvalue weighted by Crippen LogP contribution is 2.28. The van der Waals surface area contributed by atoms with Crippen molar-refractivity contribution < 1.29 is 9.59 Å². The summed E-state index contributed by atoms with van der Waals surface area (Å²) in [6, 6.07) is 7.72. The number of benzene rings is 1. The molecular formula is C15H13NO2. The molecule has 3 nitrogen and oxygen atoms in total. The number of carbonyl (C=O) groups excluding carboxylic acids is 2. The molecule has 1 unspecified atom stereocenters. The molecule has 0 N–H and O–H groups in total. The van der Waals surface area contributed by atoms with Crippen molar-refractivity contribution in [3.63, 3.8) is 0 Å². The molecule has 18 heavy (non-hydrogen) atoms. The van der Waals surface area contributed by atoms with Crippen molar-refractivity contribution >= 4 is 22.3 Å². The van der Waals surface area contributed by atoms with Crippen molar-refractivity contribution in [3.05, 3.63) is 42.2 Å². The molecule has 0 bridgehead atoms. The molecule has 2 aromatic rings. The van der Waals surface area contributed by atoms with Gasteiger partial charge in [0, 0.05) is 42.1 Å². The van der Waals surface area contributed by atoms with Gasteiger partial charge >= 0.3 is 0 Å². The Hall–Kier alpha value is -2.03. The van der Waals surface area contributed by atoms with Crippen LogP contribution in [0.15, 0.2) is 36.7 Å². The topological polar surface area (TPSA) is 47.0 Å². The molecular weight excluding hydrogens is 226 g/mol. The van der Waals surface area contributed by atoms with Gasteiger partial charge in [-0.25, -0.2) is 0 Å². The zero-order valence-electron chi connectivity index (χ0n) is 9.93. The molecule has 1 aromatic heterocycles. The summed E-state index contributed by atoms with van der Waals surface area (Å²) in [5.41, 5.74) is 0.646. The number of carbonyl (C=O) groups is 2. The molecule has 90 valence electrons. The molecule has 0 amide bonds. The highest BCUT2D eigenvalue weighted by molar-refractivity contribution is 6.10. The smallest absolute Gasteiger partial charge is 0.168 e. The van der Waals surface area contributed by atoms with Crippen LogP contribution < -0.4 is 0 Å². The highest BCUT2D eigenvalue weighted by atomic mass is 16.1. The van der Waals surface area contributed by atoms with Crippen LogP contribution in [0, 0.1) is 5.92 Å². The number of fused-ring (bicyclic) bond motifs is 1. The van der Waals surface area contributed by atoms with Gasteiger partial charge in [-0.3, -0.25) is 14.6 Å². The molecule has 1 heterocycles. The number of nitrogens with zero attached hydrogens (tertiary/aromatic N) is 1. The van der Waals surface area contributed by atoms with E-state index in [1.54, 1.807) is 12.4 Å². The Morgan fingerprint density at radius 2 is 2.06 bits per heavy atom. The van der Waals surface area contributed by atoms with Gasteiger partial charge in [-0.2, -0.15) is 0 Å². The third-order valence-corrected chi connectivity index (χ3v) is 3.55. The Morgan fingerprint density at radius 1 is 1.22 bits per heavy atom. The van der Waals surface area contributed by atoms with Crippen LogP contribution in [0.3, 0.4) is 0 Å². The average molecular weight is 239 g/mol. The largest absolute Gasteiger partial charge is 0.300 e. The molecule has 0 saturated heterocycles. The quantitative estimate of drug-likeness (QED) is 0.757. The Kier molecular flexibility index (Phi) is 2.67. The highest BCUT2D eigenvalue weighted by Gasteiger charge is 2.29. The molecule has 0 aliphatic heterocycles. The van der Waals surface area contributed by atoms with Crippen LogP contribution in [0.4, 0.5) is 0 Å². The Morgan fingerprint density at radius 3 is 2.83 bits per heavy atom. The van der Waals surface area contributed by atoms with Gasteiger partial charge in [0.2, 0.25) is 0 Å². The molecule has 1 aromatic carbocycles. The van der Waals surface area contributed by atoms with Crippen molar-refractivity contribution in [1.29, 1.82) is 0 Å². The van der Waals surface area contributed by atoms with Crippen LogP contribution in [-0.2, 0) is 4.79 Å². The predicted octanol–water partition coefficient (Wildman–Crippen LogP) is 2.79. The number of pyridine rings is 1. The van der Waals surface area contributed by atoms with Gasteiger partial charge in [-0.05, 0) is 11.8 Å². The van der Waals surface area contributed by atoms with Gasteiger partial charge < -0.3 is 0 Å². The SMILES string of the molecule is O=C1CCC(C(=O)c2cncc3ccccc23)C1. The van der Waals surface area contributed by atoms with Crippen molar-refractivity contribution in [2.24, 2.45) is 5.92 Å². The zero-order chi connectivity index (χ0) is 12.5. The molecule has 0 radical (unpaired) electrons. The van der Waals surface area contributed by atoms with Crippen LogP contribution in [0.2, 0.25) is 0 Å². The fourth-order valence-corrected chi connectivity index (χ4v) is 2.57. The summed E-state index contributed by atoms with van der Waals surface area (Å²) in [5.74, 6) is 0.108. The fourth-order valence-electron chi connectivity index (χ4n) is 2.57. The van der Waals surface area contributed by atoms with Crippen LogP contribution in [0.5, 0.6) is 0 Å². The second-order valence-electron chi connectivity index (χ2n) is 4.75. The molecule has 1 aliphatic rings. The van der Waals surface area contributed by atoms with E-state index < -0.39 is 0 Å². The number of hydrogen-bond acceptors (Lipinski definition) is 3. The molecule has 3 rings (SSSR count). The Balaban J connectivity index is 2.04. The van der Waals surface area contributed by atoms with Gasteiger partial charge in [0.15, 0.2) is 5.78 Å². The minimum absolute atomic E-state index is 0.0603. The van der Waals surface area contributed by atoms with Crippen LogP contribution in [0.1, 0.15) is 29.6 Å². The predicted molar refractivity (Wildman–Crippen MR) is 68.4 cm³/mol. The van der Waals surface area contributed by atoms with Gasteiger partial charge in [-0.1, -0.05) is 24.3 Å². The lowest BCUT2D eigenvalue weighted by molar-refractivity contribution is -0.117. The van der Waals surface area contributed by atoms with E-state index >= 15 is 0 Å². The van der Waals surface area contributed by atoms with Gasteiger partial charge in [0.25, 0.3) is 0 Å². The summed E-state index contributed by atoms with van der Waals surface area (Å²) in [5, 5.41) is 1.89. The van der Waals surface area contributed by atoms with Gasteiger partial charge in [-0.15, -0.1) is 0 Å². The average Bonchev–Trinajstić information content (AvgIpc) is 2.84. The number of ketones is 2. The Bertz CT molecular complexity index is 628. The molecule has 1 fully saturated rings. The monoisotopic (exact) mass is 239 g/mol. The number of hydrogen-bond donors (Lipinski definition) is 0.